The van der Waals surface area contributed by atoms with Crippen molar-refractivity contribution >= 4 is 5.69 Å². The van der Waals surface area contributed by atoms with E-state index in [4.69, 9.17) is 4.74 Å². The lowest BCUT2D eigenvalue weighted by atomic mass is 10.3. The second-order valence-electron chi connectivity index (χ2n) is 4.05. The van der Waals surface area contributed by atoms with E-state index in [9.17, 15) is 10.1 Å². The predicted octanol–water partition coefficient (Wildman–Crippen LogP) is 2.36. The molecule has 0 radical (unpaired) electrons. The smallest absolute Gasteiger partial charge is 0.361 e. The van der Waals surface area contributed by atoms with E-state index in [1.807, 2.05) is 18.2 Å². The minimum atomic E-state index is -0.470. The van der Waals surface area contributed by atoms with Gasteiger partial charge in [-0.15, -0.1) is 4.80 Å². The van der Waals surface area contributed by atoms with Crippen LogP contribution in [0.2, 0.25) is 0 Å². The van der Waals surface area contributed by atoms with Crippen LogP contribution < -0.4 is 4.74 Å². The Morgan fingerprint density at radius 3 is 2.43 bits per heavy atom. The molecule has 0 aliphatic rings. The number of non-ortho nitro benzene ring substituents is 1. The summed E-state index contributed by atoms with van der Waals surface area (Å²) in [5.41, 5.74) is 0.552. The van der Waals surface area contributed by atoms with Gasteiger partial charge in [0.25, 0.3) is 5.69 Å². The molecule has 3 aromatic rings. The molecule has 0 N–H and O–H groups in total. The van der Waals surface area contributed by atoms with Gasteiger partial charge in [0.2, 0.25) is 0 Å². The molecule has 21 heavy (non-hydrogen) atoms. The fraction of sp³-hybridized carbons (Fsp3) is 0. The number of nitrogens with zero attached hydrogens (tertiary/aromatic N) is 5. The fourth-order valence-electron chi connectivity index (χ4n) is 1.65. The minimum absolute atomic E-state index is 0.000348. The van der Waals surface area contributed by atoms with Crippen molar-refractivity contribution in [3.05, 3.63) is 64.7 Å². The molecule has 2 aromatic carbocycles. The van der Waals surface area contributed by atoms with E-state index in [2.05, 4.69) is 15.4 Å². The lowest BCUT2D eigenvalue weighted by molar-refractivity contribution is -0.384. The molecule has 0 bridgehead atoms. The van der Waals surface area contributed by atoms with Crippen LogP contribution in [-0.4, -0.2) is 25.1 Å². The van der Waals surface area contributed by atoms with E-state index in [0.29, 0.717) is 11.4 Å². The molecular formula is C13H9N5O3. The van der Waals surface area contributed by atoms with Crippen LogP contribution >= 0.6 is 0 Å². The first-order chi connectivity index (χ1) is 10.2. The third kappa shape index (κ3) is 2.84. The van der Waals surface area contributed by atoms with Crippen LogP contribution in [0.25, 0.3) is 5.69 Å². The van der Waals surface area contributed by atoms with Crippen LogP contribution in [0.3, 0.4) is 0 Å². The van der Waals surface area contributed by atoms with Gasteiger partial charge in [0.15, 0.2) is 0 Å². The molecular weight excluding hydrogens is 274 g/mol. The van der Waals surface area contributed by atoms with Crippen molar-refractivity contribution in [3.63, 3.8) is 0 Å². The summed E-state index contributed by atoms with van der Waals surface area (Å²) in [6.45, 7) is 0. The summed E-state index contributed by atoms with van der Waals surface area (Å²) >= 11 is 0. The van der Waals surface area contributed by atoms with Crippen LogP contribution in [0.15, 0.2) is 54.6 Å². The number of hydrogen-bond donors (Lipinski definition) is 0. The van der Waals surface area contributed by atoms with Crippen molar-refractivity contribution in [3.8, 4) is 17.4 Å². The number of hydrogen-bond acceptors (Lipinski definition) is 6. The van der Waals surface area contributed by atoms with Crippen molar-refractivity contribution < 1.29 is 9.66 Å². The molecule has 0 spiro atoms. The highest BCUT2D eigenvalue weighted by atomic mass is 16.6. The highest BCUT2D eigenvalue weighted by molar-refractivity contribution is 5.39. The van der Waals surface area contributed by atoms with Crippen molar-refractivity contribution in [1.29, 1.82) is 0 Å². The zero-order chi connectivity index (χ0) is 14.7. The van der Waals surface area contributed by atoms with Crippen LogP contribution in [0, 0.1) is 10.1 Å². The fourth-order valence-corrected chi connectivity index (χ4v) is 1.65. The summed E-state index contributed by atoms with van der Waals surface area (Å²) in [5, 5.41) is 22.3. The molecule has 0 saturated heterocycles. The molecule has 0 unspecified atom stereocenters. The standard InChI is InChI=1S/C13H9N5O3/c19-18(20)11-8-6-10(7-9-11)17-15-13(14-16-17)21-12-4-2-1-3-5-12/h1-9H. The average molecular weight is 283 g/mol. The van der Waals surface area contributed by atoms with Crippen molar-refractivity contribution in [2.75, 3.05) is 0 Å². The second kappa shape index (κ2) is 5.37. The second-order valence-corrected chi connectivity index (χ2v) is 4.05. The summed E-state index contributed by atoms with van der Waals surface area (Å²) < 4.78 is 5.43. The first-order valence-corrected chi connectivity index (χ1v) is 6.00. The third-order valence-corrected chi connectivity index (χ3v) is 2.64. The quantitative estimate of drug-likeness (QED) is 0.538. The molecule has 0 amide bonds. The third-order valence-electron chi connectivity index (χ3n) is 2.64. The summed E-state index contributed by atoms with van der Waals surface area (Å²) in [7, 11) is 0. The Morgan fingerprint density at radius 1 is 1.05 bits per heavy atom. The van der Waals surface area contributed by atoms with E-state index < -0.39 is 4.92 Å². The Hall–Kier alpha value is -3.29. The molecule has 0 aliphatic heterocycles. The van der Waals surface area contributed by atoms with Crippen LogP contribution in [0.4, 0.5) is 5.69 Å². The van der Waals surface area contributed by atoms with Gasteiger partial charge < -0.3 is 4.74 Å². The number of ether oxygens (including phenoxy) is 1. The monoisotopic (exact) mass is 283 g/mol. The van der Waals surface area contributed by atoms with Gasteiger partial charge in [-0.05, 0) is 29.5 Å². The van der Waals surface area contributed by atoms with Gasteiger partial charge in [-0.1, -0.05) is 28.4 Å². The Kier molecular flexibility index (Phi) is 3.26. The van der Waals surface area contributed by atoms with Gasteiger partial charge in [-0.2, -0.15) is 0 Å². The van der Waals surface area contributed by atoms with Gasteiger partial charge >= 0.3 is 6.01 Å². The topological polar surface area (TPSA) is 96.0 Å². The average Bonchev–Trinajstić information content (AvgIpc) is 2.97. The van der Waals surface area contributed by atoms with E-state index in [-0.39, 0.29) is 11.7 Å². The largest absolute Gasteiger partial charge is 0.422 e. The maximum atomic E-state index is 10.6. The number of benzene rings is 2. The summed E-state index contributed by atoms with van der Waals surface area (Å²) in [6.07, 6.45) is 0. The zero-order valence-electron chi connectivity index (χ0n) is 10.7. The number of tetrazole rings is 1. The number of para-hydroxylation sites is 1. The molecule has 0 fully saturated rings. The van der Waals surface area contributed by atoms with E-state index in [1.165, 1.54) is 29.1 Å². The van der Waals surface area contributed by atoms with E-state index >= 15 is 0 Å². The number of nitro benzene ring substituents is 1. The van der Waals surface area contributed by atoms with Gasteiger partial charge in [0, 0.05) is 12.1 Å². The molecule has 8 nitrogen and oxygen atoms in total. The first-order valence-electron chi connectivity index (χ1n) is 6.00. The number of nitro groups is 1. The Bertz CT molecular complexity index is 755. The molecule has 104 valence electrons. The Labute approximate surface area is 118 Å². The van der Waals surface area contributed by atoms with E-state index in [0.717, 1.165) is 0 Å². The molecule has 1 heterocycles. The molecule has 1 aromatic heterocycles. The van der Waals surface area contributed by atoms with Crippen LogP contribution in [0.1, 0.15) is 0 Å². The number of rotatable bonds is 4. The lowest BCUT2D eigenvalue weighted by Gasteiger charge is -1.99. The van der Waals surface area contributed by atoms with E-state index in [1.54, 1.807) is 12.1 Å². The molecule has 0 aliphatic carbocycles. The molecule has 0 saturated carbocycles. The van der Waals surface area contributed by atoms with Crippen molar-refractivity contribution in [2.24, 2.45) is 0 Å². The lowest BCUT2D eigenvalue weighted by Crippen LogP contribution is -1.99. The first kappa shape index (κ1) is 12.7. The zero-order valence-corrected chi connectivity index (χ0v) is 10.7. The normalized spacial score (nSPS) is 10.3. The Balaban J connectivity index is 1.80. The SMILES string of the molecule is O=[N+]([O-])c1ccc(-n2nnc(Oc3ccccc3)n2)cc1. The maximum absolute atomic E-state index is 10.6. The number of aromatic nitrogens is 4. The predicted molar refractivity (Wildman–Crippen MR) is 72.3 cm³/mol. The summed E-state index contributed by atoms with van der Waals surface area (Å²) in [5.74, 6) is 0.598. The van der Waals surface area contributed by atoms with Gasteiger partial charge in [-0.3, -0.25) is 10.1 Å². The minimum Gasteiger partial charge on any atom is -0.422 e. The summed E-state index contributed by atoms with van der Waals surface area (Å²) in [6, 6.07) is 15.0. The molecule has 3 rings (SSSR count). The van der Waals surface area contributed by atoms with Gasteiger partial charge in [0.1, 0.15) is 5.75 Å². The maximum Gasteiger partial charge on any atom is 0.361 e. The van der Waals surface area contributed by atoms with Crippen molar-refractivity contribution in [1.82, 2.24) is 20.2 Å². The highest BCUT2D eigenvalue weighted by Crippen LogP contribution is 2.17. The van der Waals surface area contributed by atoms with Gasteiger partial charge in [0.05, 0.1) is 10.6 Å². The molecule has 0 atom stereocenters. The summed E-state index contributed by atoms with van der Waals surface area (Å²) in [4.78, 5) is 11.4. The Morgan fingerprint density at radius 2 is 1.76 bits per heavy atom. The van der Waals surface area contributed by atoms with Crippen LogP contribution in [0.5, 0.6) is 11.8 Å². The molecule has 8 heteroatoms. The highest BCUT2D eigenvalue weighted by Gasteiger charge is 2.09. The van der Waals surface area contributed by atoms with Crippen molar-refractivity contribution in [2.45, 2.75) is 0 Å². The van der Waals surface area contributed by atoms with Crippen LogP contribution in [-0.2, 0) is 0 Å². The van der Waals surface area contributed by atoms with Gasteiger partial charge in [-0.25, -0.2) is 0 Å².